The maximum absolute atomic E-state index is 14.3. The van der Waals surface area contributed by atoms with Crippen LogP contribution in [0.3, 0.4) is 0 Å². The molecule has 0 spiro atoms. The average molecular weight is 636 g/mol. The van der Waals surface area contributed by atoms with Crippen LogP contribution >= 0.6 is 0 Å². The van der Waals surface area contributed by atoms with E-state index in [9.17, 15) is 14.3 Å². The number of aromatic nitrogens is 2. The Bertz CT molecular complexity index is 1380. The normalized spacial score (nSPS) is 20.1. The van der Waals surface area contributed by atoms with Crippen molar-refractivity contribution in [3.8, 4) is 5.75 Å². The van der Waals surface area contributed by atoms with Gasteiger partial charge in [-0.2, -0.15) is 5.10 Å². The first-order valence-electron chi connectivity index (χ1n) is 17.0. The number of ether oxygens (including phenoxy) is 1. The quantitative estimate of drug-likeness (QED) is 0.238. The number of halogens is 1. The van der Waals surface area contributed by atoms with Crippen LogP contribution in [0.1, 0.15) is 87.7 Å². The number of piperidine rings is 1. The lowest BCUT2D eigenvalue weighted by molar-refractivity contribution is -0.313. The molecule has 1 aromatic heterocycles. The number of carbonyl (C=O) groups excluding carboxylic acids is 1. The van der Waals surface area contributed by atoms with Gasteiger partial charge in [-0.15, -0.1) is 0 Å². The number of benzene rings is 2. The zero-order valence-electron chi connectivity index (χ0n) is 28.5. The van der Waals surface area contributed by atoms with E-state index in [4.69, 9.17) is 9.84 Å². The predicted molar refractivity (Wildman–Crippen MR) is 180 cm³/mol. The highest BCUT2D eigenvalue weighted by Gasteiger charge is 2.40. The summed E-state index contributed by atoms with van der Waals surface area (Å²) in [7, 11) is 0. The highest BCUT2D eigenvalue weighted by molar-refractivity contribution is 5.71. The fourth-order valence-corrected chi connectivity index (χ4v) is 7.78. The minimum atomic E-state index is -0.988. The smallest absolute Gasteiger partial charge is 0.123 e. The van der Waals surface area contributed by atoms with Gasteiger partial charge in [-0.1, -0.05) is 51.0 Å². The molecule has 0 amide bonds. The van der Waals surface area contributed by atoms with Crippen LogP contribution < -0.4 is 16.0 Å². The number of likely N-dealkylation sites (tertiary alicyclic amines) is 2. The molecule has 4 N–H and O–H groups in total. The van der Waals surface area contributed by atoms with Gasteiger partial charge in [0.25, 0.3) is 0 Å². The maximum atomic E-state index is 14.3. The Morgan fingerprint density at radius 1 is 1.02 bits per heavy atom. The fourth-order valence-electron chi connectivity index (χ4n) is 7.78. The molecule has 46 heavy (non-hydrogen) atoms. The lowest BCUT2D eigenvalue weighted by Gasteiger charge is -2.36. The Labute approximate surface area is 274 Å². The molecule has 2 fully saturated rings. The van der Waals surface area contributed by atoms with E-state index < -0.39 is 12.0 Å². The molecule has 5 rings (SSSR count). The number of aryl methyl sites for hydroxylation is 1. The first-order valence-corrected chi connectivity index (χ1v) is 17.0. The van der Waals surface area contributed by atoms with Crippen molar-refractivity contribution in [2.75, 3.05) is 39.3 Å². The van der Waals surface area contributed by atoms with Crippen molar-refractivity contribution in [3.63, 3.8) is 0 Å². The minimum absolute atomic E-state index is 0. The molecule has 9 heteroatoms. The Hall–Kier alpha value is -3.27. The number of carbonyl (C=O) groups is 1. The molecular weight excluding hydrogens is 581 g/mol. The van der Waals surface area contributed by atoms with Crippen molar-refractivity contribution >= 4 is 5.97 Å². The molecule has 0 aliphatic carbocycles. The Morgan fingerprint density at radius 2 is 1.74 bits per heavy atom. The second-order valence-electron chi connectivity index (χ2n) is 12.9. The van der Waals surface area contributed by atoms with Gasteiger partial charge in [0, 0.05) is 50.1 Å². The topological polar surface area (TPSA) is 110 Å². The lowest BCUT2D eigenvalue weighted by Crippen LogP contribution is -2.51. The summed E-state index contributed by atoms with van der Waals surface area (Å²) in [4.78, 5) is 17.0. The number of quaternary nitrogens is 1. The van der Waals surface area contributed by atoms with Gasteiger partial charge in [0.2, 0.25) is 0 Å². The van der Waals surface area contributed by atoms with E-state index in [0.29, 0.717) is 25.6 Å². The molecule has 2 aliphatic heterocycles. The van der Waals surface area contributed by atoms with E-state index in [-0.39, 0.29) is 29.7 Å². The number of nitrogens with zero attached hydrogens (tertiary/aromatic N) is 4. The number of carboxylic acid groups (broad SMARTS) is 1. The molecule has 0 unspecified atom stereocenters. The van der Waals surface area contributed by atoms with Crippen LogP contribution in [0.2, 0.25) is 0 Å². The number of hydrogen-bond acceptors (Lipinski definition) is 6. The van der Waals surface area contributed by atoms with Crippen LogP contribution in [0.25, 0.3) is 0 Å². The van der Waals surface area contributed by atoms with Crippen LogP contribution in [0.5, 0.6) is 5.75 Å². The van der Waals surface area contributed by atoms with E-state index in [1.807, 2.05) is 25.1 Å². The third-order valence-corrected chi connectivity index (χ3v) is 10.2. The molecule has 3 aromatic rings. The van der Waals surface area contributed by atoms with Gasteiger partial charge < -0.3 is 25.7 Å². The molecular formula is C37H54FN5O3. The Balaban J connectivity index is 0.00000480. The third kappa shape index (κ3) is 8.35. The number of rotatable bonds is 14. The van der Waals surface area contributed by atoms with Crippen LogP contribution in [0.4, 0.5) is 4.39 Å². The summed E-state index contributed by atoms with van der Waals surface area (Å²) in [5.41, 5.74) is 4.61. The molecule has 3 atom stereocenters. The monoisotopic (exact) mass is 635 g/mol. The van der Waals surface area contributed by atoms with Crippen molar-refractivity contribution in [2.45, 2.75) is 84.2 Å². The van der Waals surface area contributed by atoms with Crippen molar-refractivity contribution < 1.29 is 19.0 Å². The van der Waals surface area contributed by atoms with Gasteiger partial charge in [-0.3, -0.25) is 9.58 Å². The van der Waals surface area contributed by atoms with Crippen LogP contribution in [-0.2, 0) is 17.8 Å². The second-order valence-corrected chi connectivity index (χ2v) is 12.9. The van der Waals surface area contributed by atoms with Crippen LogP contribution in [0, 0.1) is 17.7 Å². The minimum Gasteiger partial charge on any atom is -0.548 e. The van der Waals surface area contributed by atoms with Crippen molar-refractivity contribution in [1.82, 2.24) is 25.7 Å². The van der Waals surface area contributed by atoms with E-state index in [2.05, 4.69) is 53.5 Å². The van der Waals surface area contributed by atoms with Gasteiger partial charge in [0.05, 0.1) is 24.3 Å². The van der Waals surface area contributed by atoms with E-state index in [1.54, 1.807) is 12.1 Å². The Morgan fingerprint density at radius 3 is 2.35 bits per heavy atom. The maximum Gasteiger partial charge on any atom is 0.123 e. The summed E-state index contributed by atoms with van der Waals surface area (Å²) in [6, 6.07) is 16.9. The SMILES string of the molecule is CCOc1ccc(Cc2cc(C3CCN(C[C@H]4CN([C@@H](C(=O)[O-])C(CC)CC)C[C@@H]4c4cccc(F)c4)CC3)n(CC)n2)cc1.[NH4+]. The van der Waals surface area contributed by atoms with Gasteiger partial charge in [0.1, 0.15) is 11.6 Å². The van der Waals surface area contributed by atoms with Crippen molar-refractivity contribution in [2.24, 2.45) is 11.8 Å². The molecule has 3 heterocycles. The standard InChI is InChI=1S/C37H51FN4O3.H3N/c1-5-27(6-2)36(37(43)44)41-24-30(34(25-41)29-10-9-11-31(38)21-29)23-40-18-16-28(17-19-40)35-22-32(39-42(35)7-3)20-26-12-14-33(15-13-26)45-8-4;/h9-15,21-22,27-28,30,34,36H,5-8,16-20,23-25H2,1-4H3,(H,43,44);1H3/t30-,34+,36+;/m0./s1. The second kappa shape index (κ2) is 16.5. The zero-order valence-corrected chi connectivity index (χ0v) is 28.5. The average Bonchev–Trinajstić information content (AvgIpc) is 3.65. The van der Waals surface area contributed by atoms with E-state index in [0.717, 1.165) is 75.3 Å². The van der Waals surface area contributed by atoms with Gasteiger partial charge >= 0.3 is 0 Å². The molecule has 2 aliphatic rings. The first kappa shape index (κ1) is 35.6. The molecule has 2 saturated heterocycles. The molecule has 0 bridgehead atoms. The molecule has 8 nitrogen and oxygen atoms in total. The zero-order chi connectivity index (χ0) is 31.9. The third-order valence-electron chi connectivity index (χ3n) is 10.2. The molecule has 0 radical (unpaired) electrons. The largest absolute Gasteiger partial charge is 0.548 e. The van der Waals surface area contributed by atoms with Crippen molar-refractivity contribution in [1.29, 1.82) is 0 Å². The van der Waals surface area contributed by atoms with Crippen LogP contribution in [0.15, 0.2) is 54.6 Å². The molecule has 0 saturated carbocycles. The van der Waals surface area contributed by atoms with Gasteiger partial charge in [-0.25, -0.2) is 4.39 Å². The predicted octanol–water partition coefficient (Wildman–Crippen LogP) is 5.86. The summed E-state index contributed by atoms with van der Waals surface area (Å²) in [6.45, 7) is 13.9. The fraction of sp³-hybridized carbons (Fsp3) is 0.568. The van der Waals surface area contributed by atoms with Crippen molar-refractivity contribution in [3.05, 3.63) is 82.9 Å². The summed E-state index contributed by atoms with van der Waals surface area (Å²) in [5, 5.41) is 17.3. The highest BCUT2D eigenvalue weighted by atomic mass is 19.1. The van der Waals surface area contributed by atoms with E-state index >= 15 is 0 Å². The highest BCUT2D eigenvalue weighted by Crippen LogP contribution is 2.38. The van der Waals surface area contributed by atoms with Crippen LogP contribution in [-0.4, -0.2) is 70.9 Å². The van der Waals surface area contributed by atoms with Gasteiger partial charge in [-0.05, 0) is 93.1 Å². The number of aliphatic carboxylic acids is 1. The summed E-state index contributed by atoms with van der Waals surface area (Å²) >= 11 is 0. The van der Waals surface area contributed by atoms with E-state index in [1.165, 1.54) is 17.3 Å². The first-order chi connectivity index (χ1) is 21.8. The number of carboxylic acids is 1. The molecule has 252 valence electrons. The Kier molecular flexibility index (Phi) is 12.8. The summed E-state index contributed by atoms with van der Waals surface area (Å²) in [6.07, 6.45) is 4.51. The number of hydrogen-bond donors (Lipinski definition) is 1. The lowest BCUT2D eigenvalue weighted by atomic mass is 9.87. The van der Waals surface area contributed by atoms with Gasteiger partial charge in [0.15, 0.2) is 0 Å². The summed E-state index contributed by atoms with van der Waals surface area (Å²) in [5.74, 6) is 0.474. The molecule has 2 aromatic carbocycles. The summed E-state index contributed by atoms with van der Waals surface area (Å²) < 4.78 is 22.1.